The van der Waals surface area contributed by atoms with Crippen LogP contribution in [-0.4, -0.2) is 30.0 Å². The Morgan fingerprint density at radius 3 is 2.77 bits per heavy atom. The van der Waals surface area contributed by atoms with Gasteiger partial charge in [-0.3, -0.25) is 4.79 Å². The van der Waals surface area contributed by atoms with Gasteiger partial charge in [0.05, 0.1) is 22.8 Å². The van der Waals surface area contributed by atoms with Crippen molar-refractivity contribution in [2.45, 2.75) is 25.6 Å². The number of amides is 1. The van der Waals surface area contributed by atoms with Gasteiger partial charge in [-0.2, -0.15) is 0 Å². The molecule has 3 rings (SSSR count). The van der Waals surface area contributed by atoms with E-state index in [9.17, 15) is 13.6 Å². The second kappa shape index (κ2) is 8.33. The summed E-state index contributed by atoms with van der Waals surface area (Å²) in [4.78, 5) is 14.3. The van der Waals surface area contributed by atoms with Crippen molar-refractivity contribution in [3.8, 4) is 0 Å². The van der Waals surface area contributed by atoms with E-state index in [1.54, 1.807) is 23.1 Å². The van der Waals surface area contributed by atoms with Gasteiger partial charge in [-0.1, -0.05) is 35.3 Å². The van der Waals surface area contributed by atoms with Crippen molar-refractivity contribution in [3.05, 3.63) is 69.2 Å². The highest BCUT2D eigenvalue weighted by Gasteiger charge is 2.25. The van der Waals surface area contributed by atoms with E-state index in [1.807, 2.05) is 0 Å². The second-order valence-electron chi connectivity index (χ2n) is 6.17. The first-order chi connectivity index (χ1) is 12.5. The predicted molar refractivity (Wildman–Crippen MR) is 96.5 cm³/mol. The fraction of sp³-hybridized carbons (Fsp3) is 0.316. The monoisotopic (exact) mass is 399 g/mol. The minimum absolute atomic E-state index is 0.0386. The lowest BCUT2D eigenvalue weighted by molar-refractivity contribution is -0.00776. The van der Waals surface area contributed by atoms with Crippen LogP contribution in [0.15, 0.2) is 36.4 Å². The molecule has 3 nitrogen and oxygen atoms in total. The number of halogens is 4. The molecule has 2 aromatic carbocycles. The van der Waals surface area contributed by atoms with Gasteiger partial charge >= 0.3 is 0 Å². The average Bonchev–Trinajstić information content (AvgIpc) is 2.65. The molecule has 0 bridgehead atoms. The zero-order valence-corrected chi connectivity index (χ0v) is 15.4. The third-order valence-electron chi connectivity index (χ3n) is 4.34. The fourth-order valence-electron chi connectivity index (χ4n) is 2.94. The molecule has 0 spiro atoms. The lowest BCUT2D eigenvalue weighted by atomic mass is 10.1. The molecule has 0 aromatic heterocycles. The topological polar surface area (TPSA) is 29.5 Å². The molecule has 138 valence electrons. The molecule has 0 N–H and O–H groups in total. The first-order valence-corrected chi connectivity index (χ1v) is 9.00. The molecule has 1 aliphatic rings. The van der Waals surface area contributed by atoms with Crippen LogP contribution in [0.3, 0.4) is 0 Å². The SMILES string of the molecule is O=C(c1ccc(Cl)c(Cl)c1)N1CCC[C@H](OCc2cccc(F)c2F)C1. The Morgan fingerprint density at radius 2 is 2.00 bits per heavy atom. The highest BCUT2D eigenvalue weighted by molar-refractivity contribution is 6.42. The van der Waals surface area contributed by atoms with Gasteiger partial charge in [0.25, 0.3) is 5.91 Å². The van der Waals surface area contributed by atoms with E-state index < -0.39 is 11.6 Å². The van der Waals surface area contributed by atoms with Crippen LogP contribution in [0.4, 0.5) is 8.78 Å². The molecule has 1 fully saturated rings. The molecule has 26 heavy (non-hydrogen) atoms. The molecule has 0 radical (unpaired) electrons. The number of rotatable bonds is 4. The summed E-state index contributed by atoms with van der Waals surface area (Å²) in [5.74, 6) is -1.95. The number of hydrogen-bond donors (Lipinski definition) is 0. The van der Waals surface area contributed by atoms with Gasteiger partial charge in [-0.05, 0) is 37.1 Å². The van der Waals surface area contributed by atoms with E-state index in [4.69, 9.17) is 27.9 Å². The van der Waals surface area contributed by atoms with Crippen molar-refractivity contribution < 1.29 is 18.3 Å². The van der Waals surface area contributed by atoms with Crippen molar-refractivity contribution in [2.24, 2.45) is 0 Å². The van der Waals surface area contributed by atoms with Gasteiger partial charge in [-0.25, -0.2) is 8.78 Å². The number of hydrogen-bond acceptors (Lipinski definition) is 2. The lowest BCUT2D eigenvalue weighted by Crippen LogP contribution is -2.43. The van der Waals surface area contributed by atoms with Crippen LogP contribution < -0.4 is 0 Å². The van der Waals surface area contributed by atoms with Gasteiger partial charge in [0, 0.05) is 24.2 Å². The van der Waals surface area contributed by atoms with Crippen LogP contribution in [0.25, 0.3) is 0 Å². The predicted octanol–water partition coefficient (Wildman–Crippen LogP) is 5.09. The fourth-order valence-corrected chi connectivity index (χ4v) is 3.24. The zero-order valence-electron chi connectivity index (χ0n) is 13.9. The van der Waals surface area contributed by atoms with E-state index in [-0.39, 0.29) is 24.2 Å². The Bertz CT molecular complexity index is 816. The first kappa shape index (κ1) is 19.1. The number of carbonyl (C=O) groups is 1. The Kier molecular flexibility index (Phi) is 6.12. The van der Waals surface area contributed by atoms with Crippen molar-refractivity contribution in [1.82, 2.24) is 4.90 Å². The number of benzene rings is 2. The van der Waals surface area contributed by atoms with Crippen molar-refractivity contribution in [2.75, 3.05) is 13.1 Å². The summed E-state index contributed by atoms with van der Waals surface area (Å²) in [7, 11) is 0. The second-order valence-corrected chi connectivity index (χ2v) is 6.98. The van der Waals surface area contributed by atoms with E-state index in [2.05, 4.69) is 0 Å². The Labute approximate surface area is 160 Å². The summed E-state index contributed by atoms with van der Waals surface area (Å²) >= 11 is 11.9. The Hall–Kier alpha value is -1.69. The minimum Gasteiger partial charge on any atom is -0.372 e. The van der Waals surface area contributed by atoms with Crippen molar-refractivity contribution >= 4 is 29.1 Å². The molecule has 0 unspecified atom stereocenters. The quantitative estimate of drug-likeness (QED) is 0.716. The van der Waals surface area contributed by atoms with E-state index in [0.29, 0.717) is 28.7 Å². The number of piperidine rings is 1. The maximum Gasteiger partial charge on any atom is 0.253 e. The van der Waals surface area contributed by atoms with Gasteiger partial charge in [-0.15, -0.1) is 0 Å². The van der Waals surface area contributed by atoms with Gasteiger partial charge in [0.2, 0.25) is 0 Å². The third-order valence-corrected chi connectivity index (χ3v) is 5.08. The first-order valence-electron chi connectivity index (χ1n) is 8.24. The largest absolute Gasteiger partial charge is 0.372 e. The molecular weight excluding hydrogens is 383 g/mol. The molecule has 0 saturated carbocycles. The maximum absolute atomic E-state index is 13.7. The highest BCUT2D eigenvalue weighted by Crippen LogP contribution is 2.24. The van der Waals surface area contributed by atoms with E-state index in [0.717, 1.165) is 18.9 Å². The number of likely N-dealkylation sites (tertiary alicyclic amines) is 1. The van der Waals surface area contributed by atoms with Gasteiger partial charge in [0.15, 0.2) is 11.6 Å². The van der Waals surface area contributed by atoms with Crippen LogP contribution in [0.2, 0.25) is 10.0 Å². The summed E-state index contributed by atoms with van der Waals surface area (Å²) in [5, 5.41) is 0.712. The molecule has 1 atom stereocenters. The van der Waals surface area contributed by atoms with Gasteiger partial charge in [0.1, 0.15) is 0 Å². The van der Waals surface area contributed by atoms with Crippen LogP contribution in [0.5, 0.6) is 0 Å². The number of carbonyl (C=O) groups excluding carboxylic acids is 1. The standard InChI is InChI=1S/C19H17Cl2F2NO2/c20-15-7-6-12(9-16(15)21)19(25)24-8-2-4-14(10-24)26-11-13-3-1-5-17(22)18(13)23/h1,3,5-7,9,14H,2,4,8,10-11H2/t14-/m0/s1. The third kappa shape index (κ3) is 4.34. The molecule has 1 heterocycles. The number of ether oxygens (including phenoxy) is 1. The van der Waals surface area contributed by atoms with Crippen LogP contribution in [0.1, 0.15) is 28.8 Å². The Balaban J connectivity index is 1.62. The van der Waals surface area contributed by atoms with Crippen LogP contribution in [0, 0.1) is 11.6 Å². The normalized spacial score (nSPS) is 17.4. The molecule has 2 aromatic rings. The lowest BCUT2D eigenvalue weighted by Gasteiger charge is -2.33. The molecular formula is C19H17Cl2F2NO2. The van der Waals surface area contributed by atoms with Gasteiger partial charge < -0.3 is 9.64 Å². The number of nitrogens with zero attached hydrogens (tertiary/aromatic N) is 1. The van der Waals surface area contributed by atoms with Crippen molar-refractivity contribution in [1.29, 1.82) is 0 Å². The minimum atomic E-state index is -0.897. The highest BCUT2D eigenvalue weighted by atomic mass is 35.5. The van der Waals surface area contributed by atoms with Crippen LogP contribution >= 0.6 is 23.2 Å². The summed E-state index contributed by atoms with van der Waals surface area (Å²) in [6.07, 6.45) is 1.28. The zero-order chi connectivity index (χ0) is 18.7. The molecule has 7 heteroatoms. The molecule has 1 saturated heterocycles. The summed E-state index contributed by atoms with van der Waals surface area (Å²) < 4.78 is 32.7. The Morgan fingerprint density at radius 1 is 1.19 bits per heavy atom. The summed E-state index contributed by atoms with van der Waals surface area (Å²) in [6, 6.07) is 8.75. The van der Waals surface area contributed by atoms with Crippen molar-refractivity contribution in [3.63, 3.8) is 0 Å². The van der Waals surface area contributed by atoms with Crippen LogP contribution in [-0.2, 0) is 11.3 Å². The smallest absolute Gasteiger partial charge is 0.253 e. The van der Waals surface area contributed by atoms with E-state index in [1.165, 1.54) is 12.1 Å². The maximum atomic E-state index is 13.7. The molecule has 0 aliphatic carbocycles. The molecule has 1 aliphatic heterocycles. The van der Waals surface area contributed by atoms with E-state index >= 15 is 0 Å². The summed E-state index contributed by atoms with van der Waals surface area (Å²) in [5.41, 5.74) is 0.620. The average molecular weight is 400 g/mol. The molecule has 1 amide bonds. The summed E-state index contributed by atoms with van der Waals surface area (Å²) in [6.45, 7) is 0.951.